The number of rotatable bonds is 6. The lowest BCUT2D eigenvalue weighted by molar-refractivity contribution is -0.139. The van der Waals surface area contributed by atoms with Gasteiger partial charge in [0.2, 0.25) is 0 Å². The van der Waals surface area contributed by atoms with Crippen LogP contribution in [0.15, 0.2) is 53.9 Å². The summed E-state index contributed by atoms with van der Waals surface area (Å²) in [7, 11) is 0. The molecule has 0 saturated heterocycles. The van der Waals surface area contributed by atoms with E-state index in [0.717, 1.165) is 11.0 Å². The molecule has 0 unspecified atom stereocenters. The highest BCUT2D eigenvalue weighted by Crippen LogP contribution is 2.15. The van der Waals surface area contributed by atoms with Crippen LogP contribution in [-0.4, -0.2) is 39.8 Å². The van der Waals surface area contributed by atoms with Crippen LogP contribution in [0, 0.1) is 0 Å². The molecule has 8 nitrogen and oxygen atoms in total. The summed E-state index contributed by atoms with van der Waals surface area (Å²) < 4.78 is 5.17. The third-order valence-corrected chi connectivity index (χ3v) is 3.32. The Kier molecular flexibility index (Phi) is 4.70. The van der Waals surface area contributed by atoms with Gasteiger partial charge >= 0.3 is 5.97 Å². The third kappa shape index (κ3) is 3.99. The fourth-order valence-electron chi connectivity index (χ4n) is 2.16. The fraction of sp³-hybridized carbons (Fsp3) is 0.0588. The first-order chi connectivity index (χ1) is 12.1. The molecule has 0 aliphatic rings. The number of nitrogens with one attached hydrogen (secondary N) is 2. The number of aliphatic carboxylic acids is 1. The molecule has 0 fully saturated rings. The smallest absolute Gasteiger partial charge is 0.341 e. The summed E-state index contributed by atoms with van der Waals surface area (Å²) >= 11 is 0. The zero-order chi connectivity index (χ0) is 17.6. The molecule has 0 saturated carbocycles. The summed E-state index contributed by atoms with van der Waals surface area (Å²) in [5.41, 5.74) is 4.93. The Bertz CT molecular complexity index is 948. The fourth-order valence-corrected chi connectivity index (χ4v) is 2.16. The number of nitrogens with zero attached hydrogens (tertiary/aromatic N) is 2. The molecule has 25 heavy (non-hydrogen) atoms. The number of amides is 1. The average molecular weight is 338 g/mol. The summed E-state index contributed by atoms with van der Waals surface area (Å²) in [5.74, 6) is -1.09. The van der Waals surface area contributed by atoms with Crippen molar-refractivity contribution in [2.24, 2.45) is 5.10 Å². The lowest BCUT2D eigenvalue weighted by atomic mass is 10.2. The number of carbonyl (C=O) groups excluding carboxylic acids is 1. The van der Waals surface area contributed by atoms with Crippen LogP contribution in [0.5, 0.6) is 5.75 Å². The number of hydrogen-bond donors (Lipinski definition) is 3. The first kappa shape index (κ1) is 16.2. The van der Waals surface area contributed by atoms with Crippen LogP contribution in [-0.2, 0) is 4.79 Å². The van der Waals surface area contributed by atoms with E-state index in [1.165, 1.54) is 6.21 Å². The Hall–Kier alpha value is -3.68. The number of carboxylic acids is 1. The standard InChI is InChI=1S/C17H14N4O4/c22-16(23)9-25-15-4-2-1-3-12(15)8-20-21-17(24)11-5-6-13-14(7-11)19-10-18-13/h1-8,10H,9H2,(H,18,19)(H,21,24)(H,22,23)/b20-8+. The van der Waals surface area contributed by atoms with Gasteiger partial charge in [0.25, 0.3) is 5.91 Å². The van der Waals surface area contributed by atoms with Crippen LogP contribution in [0.3, 0.4) is 0 Å². The van der Waals surface area contributed by atoms with Crippen LogP contribution in [0.2, 0.25) is 0 Å². The largest absolute Gasteiger partial charge is 0.481 e. The maximum Gasteiger partial charge on any atom is 0.341 e. The SMILES string of the molecule is O=C(O)COc1ccccc1/C=N/NC(=O)c1ccc2nc[nH]c2c1. The maximum atomic E-state index is 12.1. The van der Waals surface area contributed by atoms with E-state index in [4.69, 9.17) is 9.84 Å². The molecule has 1 aromatic heterocycles. The molecule has 126 valence electrons. The Morgan fingerprint density at radius 1 is 1.28 bits per heavy atom. The molecule has 0 bridgehead atoms. The Balaban J connectivity index is 1.68. The number of ether oxygens (including phenoxy) is 1. The Morgan fingerprint density at radius 2 is 2.12 bits per heavy atom. The third-order valence-electron chi connectivity index (χ3n) is 3.32. The van der Waals surface area contributed by atoms with E-state index in [1.807, 2.05) is 0 Å². The molecule has 1 heterocycles. The second-order valence-electron chi connectivity index (χ2n) is 5.05. The van der Waals surface area contributed by atoms with Gasteiger partial charge in [-0.1, -0.05) is 12.1 Å². The second-order valence-corrected chi connectivity index (χ2v) is 5.05. The molecule has 3 N–H and O–H groups in total. The van der Waals surface area contributed by atoms with Crippen LogP contribution < -0.4 is 10.2 Å². The molecule has 0 atom stereocenters. The van der Waals surface area contributed by atoms with Gasteiger partial charge in [0.15, 0.2) is 6.61 Å². The molecule has 3 aromatic rings. The van der Waals surface area contributed by atoms with Crippen molar-refractivity contribution >= 4 is 29.1 Å². The van der Waals surface area contributed by atoms with Crippen molar-refractivity contribution in [3.8, 4) is 5.75 Å². The van der Waals surface area contributed by atoms with Gasteiger partial charge in [-0.2, -0.15) is 5.10 Å². The van der Waals surface area contributed by atoms with Gasteiger partial charge in [-0.3, -0.25) is 4.79 Å². The number of benzene rings is 2. The molecule has 1 amide bonds. The van der Waals surface area contributed by atoms with E-state index in [2.05, 4.69) is 20.5 Å². The van der Waals surface area contributed by atoms with E-state index < -0.39 is 12.6 Å². The summed E-state index contributed by atoms with van der Waals surface area (Å²) in [4.78, 5) is 29.7. The molecule has 0 aliphatic heterocycles. The van der Waals surface area contributed by atoms with Gasteiger partial charge in [0, 0.05) is 11.1 Å². The predicted molar refractivity (Wildman–Crippen MR) is 90.7 cm³/mol. The lowest BCUT2D eigenvalue weighted by Gasteiger charge is -2.06. The summed E-state index contributed by atoms with van der Waals surface area (Å²) in [5, 5.41) is 12.6. The van der Waals surface area contributed by atoms with Gasteiger partial charge in [-0.25, -0.2) is 15.2 Å². The highest BCUT2D eigenvalue weighted by molar-refractivity contribution is 5.97. The molecular weight excluding hydrogens is 324 g/mol. The minimum Gasteiger partial charge on any atom is -0.481 e. The van der Waals surface area contributed by atoms with Crippen molar-refractivity contribution in [1.82, 2.24) is 15.4 Å². The van der Waals surface area contributed by atoms with Gasteiger partial charge in [0.1, 0.15) is 5.75 Å². The van der Waals surface area contributed by atoms with E-state index >= 15 is 0 Å². The number of imidazole rings is 1. The molecule has 2 aromatic carbocycles. The Labute approximate surface area is 142 Å². The van der Waals surface area contributed by atoms with Gasteiger partial charge < -0.3 is 14.8 Å². The second kappa shape index (κ2) is 7.26. The van der Waals surface area contributed by atoms with Crippen molar-refractivity contribution in [2.75, 3.05) is 6.61 Å². The summed E-state index contributed by atoms with van der Waals surface area (Å²) in [6.45, 7) is -0.457. The van der Waals surface area contributed by atoms with Crippen molar-refractivity contribution in [3.63, 3.8) is 0 Å². The van der Waals surface area contributed by atoms with E-state index in [0.29, 0.717) is 16.9 Å². The minimum absolute atomic E-state index is 0.363. The number of carboxylic acid groups (broad SMARTS) is 1. The number of carbonyl (C=O) groups is 2. The zero-order valence-corrected chi connectivity index (χ0v) is 13.0. The number of hydrazone groups is 1. The first-order valence-electron chi connectivity index (χ1n) is 7.33. The van der Waals surface area contributed by atoms with E-state index in [1.54, 1.807) is 48.8 Å². The number of H-pyrrole nitrogens is 1. The van der Waals surface area contributed by atoms with E-state index in [-0.39, 0.29) is 5.91 Å². The van der Waals surface area contributed by atoms with Gasteiger partial charge in [-0.05, 0) is 30.3 Å². The monoisotopic (exact) mass is 338 g/mol. The van der Waals surface area contributed by atoms with Crippen LogP contribution in [0.25, 0.3) is 11.0 Å². The predicted octanol–water partition coefficient (Wildman–Crippen LogP) is 1.79. The summed E-state index contributed by atoms with van der Waals surface area (Å²) in [6.07, 6.45) is 2.95. The molecular formula is C17H14N4O4. The average Bonchev–Trinajstić information content (AvgIpc) is 3.08. The Morgan fingerprint density at radius 3 is 2.96 bits per heavy atom. The highest BCUT2D eigenvalue weighted by Gasteiger charge is 2.07. The molecule has 0 radical (unpaired) electrons. The molecule has 3 rings (SSSR count). The van der Waals surface area contributed by atoms with Crippen molar-refractivity contribution in [3.05, 3.63) is 59.9 Å². The van der Waals surface area contributed by atoms with Crippen LogP contribution in [0.1, 0.15) is 15.9 Å². The van der Waals surface area contributed by atoms with Crippen LogP contribution in [0.4, 0.5) is 0 Å². The molecule has 0 spiro atoms. The molecule has 0 aliphatic carbocycles. The van der Waals surface area contributed by atoms with Gasteiger partial charge in [-0.15, -0.1) is 0 Å². The van der Waals surface area contributed by atoms with Crippen LogP contribution >= 0.6 is 0 Å². The van der Waals surface area contributed by atoms with Crippen molar-refractivity contribution in [2.45, 2.75) is 0 Å². The maximum absolute atomic E-state index is 12.1. The first-order valence-corrected chi connectivity index (χ1v) is 7.33. The zero-order valence-electron chi connectivity index (χ0n) is 13.0. The number of hydrogen-bond acceptors (Lipinski definition) is 5. The van der Waals surface area contributed by atoms with E-state index in [9.17, 15) is 9.59 Å². The molecule has 8 heteroatoms. The van der Waals surface area contributed by atoms with Crippen molar-refractivity contribution in [1.29, 1.82) is 0 Å². The number of fused-ring (bicyclic) bond motifs is 1. The normalized spacial score (nSPS) is 10.9. The number of aromatic nitrogens is 2. The summed E-state index contributed by atoms with van der Waals surface area (Å²) in [6, 6.07) is 11.9. The van der Waals surface area contributed by atoms with Gasteiger partial charge in [0.05, 0.1) is 23.6 Å². The quantitative estimate of drug-likeness (QED) is 0.468. The lowest BCUT2D eigenvalue weighted by Crippen LogP contribution is -2.17. The number of aromatic amines is 1. The minimum atomic E-state index is -1.07. The number of para-hydroxylation sites is 1. The topological polar surface area (TPSA) is 117 Å². The van der Waals surface area contributed by atoms with Crippen molar-refractivity contribution < 1.29 is 19.4 Å². The highest BCUT2D eigenvalue weighted by atomic mass is 16.5.